The van der Waals surface area contributed by atoms with Crippen LogP contribution in [0.3, 0.4) is 0 Å². The molecule has 1 aliphatic rings. The maximum Gasteiger partial charge on any atom is 0.409 e. The maximum absolute atomic E-state index is 13.4. The number of amides is 9. The van der Waals surface area contributed by atoms with E-state index in [0.717, 1.165) is 4.90 Å². The van der Waals surface area contributed by atoms with Gasteiger partial charge in [-0.15, -0.1) is 0 Å². The lowest BCUT2D eigenvalue weighted by Crippen LogP contribution is -2.54. The van der Waals surface area contributed by atoms with Gasteiger partial charge in [-0.05, 0) is 42.9 Å². The van der Waals surface area contributed by atoms with E-state index in [4.69, 9.17) is 10.5 Å². The first-order valence-corrected chi connectivity index (χ1v) is 17.6. The van der Waals surface area contributed by atoms with Crippen molar-refractivity contribution in [3.8, 4) is 0 Å². The second-order valence-corrected chi connectivity index (χ2v) is 12.8. The van der Waals surface area contributed by atoms with E-state index in [2.05, 4.69) is 31.3 Å². The van der Waals surface area contributed by atoms with Gasteiger partial charge < -0.3 is 51.6 Å². The Labute approximate surface area is 314 Å². The summed E-state index contributed by atoms with van der Waals surface area (Å²) in [5, 5.41) is 13.9. The van der Waals surface area contributed by atoms with Crippen LogP contribution in [0.2, 0.25) is 0 Å². The summed E-state index contributed by atoms with van der Waals surface area (Å²) in [6.07, 6.45) is 2.20. The molecule has 0 saturated heterocycles. The number of likely N-dealkylation sites (N-methyl/N-ethyl adjacent to an activating group) is 2. The molecule has 298 valence electrons. The van der Waals surface area contributed by atoms with Crippen LogP contribution in [0.4, 0.5) is 20.1 Å². The highest BCUT2D eigenvalue weighted by atomic mass is 16.6. The van der Waals surface area contributed by atoms with Gasteiger partial charge >= 0.3 is 18.2 Å². The number of carbonyl (C=O) groups is 8. The quantitative estimate of drug-likeness (QED) is 0.0691. The average molecular weight is 760 g/mol. The van der Waals surface area contributed by atoms with Crippen molar-refractivity contribution < 1.29 is 47.8 Å². The predicted octanol–water partition coefficient (Wildman–Crippen LogP) is 0.261. The smallest absolute Gasteiger partial charge is 0.409 e. The van der Waals surface area contributed by atoms with E-state index in [1.165, 1.54) is 29.1 Å². The summed E-state index contributed by atoms with van der Waals surface area (Å²) >= 11 is 0. The van der Waals surface area contributed by atoms with Crippen molar-refractivity contribution in [3.63, 3.8) is 0 Å². The molecule has 1 aromatic rings. The van der Waals surface area contributed by atoms with Gasteiger partial charge in [0.25, 0.3) is 11.8 Å². The SMILES string of the molecule is COC(=O)N(C)CCN(C)C(=O)OCc1ccc(NC(=O)C(CCCNC(N)=O)NC(=O)[C@@H](NCCNC(=O)CCCN2C(=O)C=CC2=O)C(C)C)cc1. The molecule has 54 heavy (non-hydrogen) atoms. The first-order valence-electron chi connectivity index (χ1n) is 17.6. The van der Waals surface area contributed by atoms with E-state index in [-0.39, 0.29) is 70.5 Å². The number of carbonyl (C=O) groups excluding carboxylic acids is 8. The Morgan fingerprint density at radius 2 is 1.46 bits per heavy atom. The van der Waals surface area contributed by atoms with Crippen LogP contribution >= 0.6 is 0 Å². The van der Waals surface area contributed by atoms with Gasteiger partial charge in [-0.1, -0.05) is 26.0 Å². The van der Waals surface area contributed by atoms with Crippen LogP contribution in [0, 0.1) is 5.92 Å². The summed E-state index contributed by atoms with van der Waals surface area (Å²) in [5.41, 5.74) is 6.24. The van der Waals surface area contributed by atoms with Crippen molar-refractivity contribution in [2.75, 3.05) is 65.8 Å². The zero-order valence-electron chi connectivity index (χ0n) is 31.5. The molecule has 1 heterocycles. The number of hydrogen-bond acceptors (Lipinski definition) is 11. The molecule has 0 bridgehead atoms. The Kier molecular flexibility index (Phi) is 19.0. The van der Waals surface area contributed by atoms with Crippen LogP contribution in [0.1, 0.15) is 45.1 Å². The predicted molar refractivity (Wildman–Crippen MR) is 196 cm³/mol. The van der Waals surface area contributed by atoms with E-state index < -0.39 is 53.9 Å². The average Bonchev–Trinajstić information content (AvgIpc) is 3.45. The fraction of sp³-hybridized carbons (Fsp3) is 0.543. The first-order chi connectivity index (χ1) is 25.6. The number of anilines is 1. The highest BCUT2D eigenvalue weighted by Crippen LogP contribution is 2.13. The van der Waals surface area contributed by atoms with Crippen molar-refractivity contribution in [2.24, 2.45) is 11.7 Å². The van der Waals surface area contributed by atoms with Crippen LogP contribution in [-0.4, -0.2) is 135 Å². The van der Waals surface area contributed by atoms with E-state index in [0.29, 0.717) is 24.1 Å². The van der Waals surface area contributed by atoms with Crippen LogP contribution in [0.15, 0.2) is 36.4 Å². The van der Waals surface area contributed by atoms with Crippen molar-refractivity contribution in [3.05, 3.63) is 42.0 Å². The van der Waals surface area contributed by atoms with Gasteiger partial charge in [0.1, 0.15) is 12.6 Å². The number of imide groups is 1. The zero-order chi connectivity index (χ0) is 40.2. The van der Waals surface area contributed by atoms with Crippen molar-refractivity contribution in [2.45, 2.75) is 58.2 Å². The van der Waals surface area contributed by atoms with E-state index >= 15 is 0 Å². The third-order valence-electron chi connectivity index (χ3n) is 8.20. The first kappa shape index (κ1) is 44.4. The molecule has 0 fully saturated rings. The van der Waals surface area contributed by atoms with Gasteiger partial charge in [0.15, 0.2) is 0 Å². The number of nitrogens with zero attached hydrogens (tertiary/aromatic N) is 3. The normalized spacial score (nSPS) is 13.2. The number of nitrogens with two attached hydrogens (primary N) is 1. The van der Waals surface area contributed by atoms with Crippen LogP contribution in [0.5, 0.6) is 0 Å². The fourth-order valence-electron chi connectivity index (χ4n) is 5.05. The van der Waals surface area contributed by atoms with E-state index in [9.17, 15) is 38.4 Å². The zero-order valence-corrected chi connectivity index (χ0v) is 31.5. The summed E-state index contributed by atoms with van der Waals surface area (Å²) in [4.78, 5) is 101. The van der Waals surface area contributed by atoms with E-state index in [1.807, 2.05) is 13.8 Å². The highest BCUT2D eigenvalue weighted by molar-refractivity contribution is 6.12. The molecule has 2 rings (SSSR count). The molecule has 0 aliphatic carbocycles. The summed E-state index contributed by atoms with van der Waals surface area (Å²) in [6.45, 7) is 4.89. The monoisotopic (exact) mass is 759 g/mol. The molecule has 0 saturated carbocycles. The molecule has 0 spiro atoms. The number of urea groups is 1. The molecule has 1 aromatic carbocycles. The molecule has 1 unspecified atom stereocenters. The minimum Gasteiger partial charge on any atom is -0.453 e. The molecule has 0 aromatic heterocycles. The van der Waals surface area contributed by atoms with Gasteiger partial charge in [0, 0.05) is 77.6 Å². The van der Waals surface area contributed by atoms with Crippen molar-refractivity contribution in [1.82, 2.24) is 36.0 Å². The lowest BCUT2D eigenvalue weighted by atomic mass is 10.0. The molecule has 1 aliphatic heterocycles. The Morgan fingerprint density at radius 3 is 2.06 bits per heavy atom. The fourth-order valence-corrected chi connectivity index (χ4v) is 5.05. The number of primary amides is 1. The van der Waals surface area contributed by atoms with Crippen LogP contribution < -0.4 is 32.3 Å². The summed E-state index contributed by atoms with van der Waals surface area (Å²) in [6, 6.07) is 4.18. The second-order valence-electron chi connectivity index (χ2n) is 12.8. The number of methoxy groups -OCH3 is 1. The largest absolute Gasteiger partial charge is 0.453 e. The molecular weight excluding hydrogens is 706 g/mol. The lowest BCUT2D eigenvalue weighted by molar-refractivity contribution is -0.137. The standard InChI is InChI=1S/C35H53N9O10/c1-23(2)30(38-18-17-37-27(45)9-7-19-44-28(46)14-15-29(44)47)32(49)41-26(8-6-16-39-33(36)50)31(48)40-25-12-10-24(11-13-25)22-54-35(52)43(4)21-20-42(3)34(51)53-5/h10-15,23,26,30,38H,6-9,16-22H2,1-5H3,(H,37,45)(H,40,48)(H,41,49)(H3,36,39,50)/t26?,30-/m0/s1. The minimum atomic E-state index is -0.978. The molecular formula is C35H53N9O10. The number of rotatable bonds is 22. The van der Waals surface area contributed by atoms with Gasteiger partial charge in [-0.2, -0.15) is 0 Å². The number of benzene rings is 1. The molecule has 0 radical (unpaired) electrons. The number of nitrogens with one attached hydrogen (secondary N) is 5. The van der Waals surface area contributed by atoms with Gasteiger partial charge in [-0.25, -0.2) is 14.4 Å². The van der Waals surface area contributed by atoms with E-state index in [1.54, 1.807) is 38.4 Å². The molecule has 9 amide bonds. The summed E-state index contributed by atoms with van der Waals surface area (Å²) in [5.74, 6) is -2.20. The summed E-state index contributed by atoms with van der Waals surface area (Å²) in [7, 11) is 4.36. The molecule has 7 N–H and O–H groups in total. The third kappa shape index (κ3) is 15.9. The Balaban J connectivity index is 1.90. The van der Waals surface area contributed by atoms with Crippen molar-refractivity contribution in [1.29, 1.82) is 0 Å². The highest BCUT2D eigenvalue weighted by Gasteiger charge is 2.28. The minimum absolute atomic E-state index is 0.0377. The molecule has 19 nitrogen and oxygen atoms in total. The molecule has 2 atom stereocenters. The van der Waals surface area contributed by atoms with Crippen LogP contribution in [0.25, 0.3) is 0 Å². The van der Waals surface area contributed by atoms with Gasteiger partial charge in [0.05, 0.1) is 13.2 Å². The van der Waals surface area contributed by atoms with Gasteiger partial charge in [-0.3, -0.25) is 28.9 Å². The topological polar surface area (TPSA) is 251 Å². The third-order valence-corrected chi connectivity index (χ3v) is 8.20. The van der Waals surface area contributed by atoms with Crippen LogP contribution in [-0.2, 0) is 40.1 Å². The summed E-state index contributed by atoms with van der Waals surface area (Å²) < 4.78 is 9.97. The number of hydrogen-bond donors (Lipinski definition) is 6. The van der Waals surface area contributed by atoms with Crippen molar-refractivity contribution >= 4 is 53.4 Å². The Bertz CT molecular complexity index is 1480. The van der Waals surface area contributed by atoms with Gasteiger partial charge in [0.2, 0.25) is 17.7 Å². The Morgan fingerprint density at radius 1 is 0.833 bits per heavy atom. The lowest BCUT2D eigenvalue weighted by Gasteiger charge is -2.25. The second kappa shape index (κ2) is 23.1. The number of ether oxygens (including phenoxy) is 2. The Hall–Kier alpha value is -5.72. The maximum atomic E-state index is 13.4. The molecule has 19 heteroatoms.